The van der Waals surface area contributed by atoms with Crippen LogP contribution >= 0.6 is 0 Å². The molecule has 1 nitrogen and oxygen atoms in total. The molecule has 0 spiro atoms. The number of aryl methyl sites for hydroxylation is 2. The summed E-state index contributed by atoms with van der Waals surface area (Å²) in [6, 6.07) is 10.9. The van der Waals surface area contributed by atoms with Gasteiger partial charge in [0.1, 0.15) is 12.4 Å². The number of ether oxygens (including phenoxy) is 1. The van der Waals surface area contributed by atoms with Crippen LogP contribution in [0.4, 0.5) is 12.9 Å². The fourth-order valence-electron chi connectivity index (χ4n) is 1.90. The first kappa shape index (κ1) is 18.8. The first-order chi connectivity index (χ1) is 9.36. The quantitative estimate of drug-likeness (QED) is 0.763. The number of halogens is 3. The van der Waals surface area contributed by atoms with E-state index in [4.69, 9.17) is 4.74 Å². The van der Waals surface area contributed by atoms with Gasteiger partial charge < -0.3 is 17.7 Å². The van der Waals surface area contributed by atoms with Crippen LogP contribution in [0, 0.1) is 13.8 Å². The van der Waals surface area contributed by atoms with E-state index in [-0.39, 0.29) is 51.4 Å². The van der Waals surface area contributed by atoms with Crippen molar-refractivity contribution in [2.45, 2.75) is 20.5 Å². The average Bonchev–Trinajstić information content (AvgIpc) is 2.39. The van der Waals surface area contributed by atoms with Crippen molar-refractivity contribution in [2.24, 2.45) is 0 Å². The zero-order valence-electron chi connectivity index (χ0n) is 12.4. The molecule has 0 aromatic heterocycles. The zero-order chi connectivity index (χ0) is 14.8. The third-order valence-electron chi connectivity index (χ3n) is 3.16. The Morgan fingerprint density at radius 2 is 1.57 bits per heavy atom. The third kappa shape index (κ3) is 5.45. The van der Waals surface area contributed by atoms with Gasteiger partial charge in [-0.15, -0.1) is 5.46 Å². The Morgan fingerprint density at radius 3 is 2.14 bits per heavy atom. The molecule has 0 radical (unpaired) electrons. The predicted octanol–water partition coefficient (Wildman–Crippen LogP) is 0.941. The van der Waals surface area contributed by atoms with Crippen LogP contribution in [-0.4, -0.2) is 6.98 Å². The van der Waals surface area contributed by atoms with Gasteiger partial charge in [0.25, 0.3) is 0 Å². The maximum atomic E-state index is 12.5. The van der Waals surface area contributed by atoms with Gasteiger partial charge in [-0.25, -0.2) is 0 Å². The van der Waals surface area contributed by atoms with Gasteiger partial charge in [0.15, 0.2) is 0 Å². The van der Waals surface area contributed by atoms with Gasteiger partial charge in [0, 0.05) is 0 Å². The van der Waals surface area contributed by atoms with Gasteiger partial charge in [0.2, 0.25) is 0 Å². The minimum Gasteiger partial charge on any atom is -0.489 e. The van der Waals surface area contributed by atoms with Crippen molar-refractivity contribution in [1.29, 1.82) is 0 Å². The Bertz CT molecular complexity index is 597. The van der Waals surface area contributed by atoms with Crippen LogP contribution in [0.5, 0.6) is 5.75 Å². The normalized spacial score (nSPS) is 10.9. The molecule has 2 aromatic rings. The smallest absolute Gasteiger partial charge is 0.489 e. The van der Waals surface area contributed by atoms with E-state index in [9.17, 15) is 12.9 Å². The maximum absolute atomic E-state index is 12.5. The first-order valence-corrected chi connectivity index (χ1v) is 6.35. The first-order valence-electron chi connectivity index (χ1n) is 6.35. The predicted molar refractivity (Wildman–Crippen MR) is 75.4 cm³/mol. The molecule has 21 heavy (non-hydrogen) atoms. The van der Waals surface area contributed by atoms with E-state index in [0.29, 0.717) is 12.4 Å². The summed E-state index contributed by atoms with van der Waals surface area (Å²) in [4.78, 5) is 0. The van der Waals surface area contributed by atoms with E-state index in [1.807, 2.05) is 32.0 Å². The largest absolute Gasteiger partial charge is 1.00 e. The zero-order valence-corrected chi connectivity index (χ0v) is 15.5. The van der Waals surface area contributed by atoms with E-state index in [2.05, 4.69) is 0 Å². The van der Waals surface area contributed by atoms with E-state index >= 15 is 0 Å². The van der Waals surface area contributed by atoms with Crippen LogP contribution in [0.15, 0.2) is 42.5 Å². The van der Waals surface area contributed by atoms with Crippen molar-refractivity contribution in [3.8, 4) is 5.75 Å². The topological polar surface area (TPSA) is 9.23 Å². The monoisotopic (exact) mass is 318 g/mol. The molecule has 0 amide bonds. The SMILES string of the molecule is Cc1ccc(C)c(COc2ccc([B-](F)(F)F)cc2)c1.[K+]. The molecule has 0 saturated heterocycles. The molecule has 2 rings (SSSR count). The van der Waals surface area contributed by atoms with Gasteiger partial charge in [-0.2, -0.15) is 0 Å². The minimum atomic E-state index is -4.94. The van der Waals surface area contributed by atoms with Crippen molar-refractivity contribution in [2.75, 3.05) is 0 Å². The summed E-state index contributed by atoms with van der Waals surface area (Å²) in [6.45, 7) is -0.624. The summed E-state index contributed by atoms with van der Waals surface area (Å²) < 4.78 is 43.0. The van der Waals surface area contributed by atoms with Gasteiger partial charge in [-0.05, 0) is 37.1 Å². The molecule has 0 aliphatic heterocycles. The second-order valence-corrected chi connectivity index (χ2v) is 4.86. The molecule has 0 aliphatic carbocycles. The summed E-state index contributed by atoms with van der Waals surface area (Å²) >= 11 is 0. The number of rotatable bonds is 4. The summed E-state index contributed by atoms with van der Waals surface area (Å²) in [7, 11) is 0. The Kier molecular flexibility index (Phi) is 7.00. The average molecular weight is 318 g/mol. The van der Waals surface area contributed by atoms with Crippen LogP contribution in [0.2, 0.25) is 0 Å². The summed E-state index contributed by atoms with van der Waals surface area (Å²) in [6.07, 6.45) is 0. The van der Waals surface area contributed by atoms with Crippen molar-refractivity contribution >= 4 is 12.4 Å². The van der Waals surface area contributed by atoms with Crippen LogP contribution in [0.25, 0.3) is 0 Å². The van der Waals surface area contributed by atoms with Crippen LogP contribution < -0.4 is 61.6 Å². The van der Waals surface area contributed by atoms with Crippen LogP contribution in [0.3, 0.4) is 0 Å². The van der Waals surface area contributed by atoms with Gasteiger partial charge >= 0.3 is 58.4 Å². The molecular formula is C15H15BF3KO. The minimum absolute atomic E-state index is 0. The van der Waals surface area contributed by atoms with E-state index in [1.54, 1.807) is 0 Å². The van der Waals surface area contributed by atoms with Crippen LogP contribution in [0.1, 0.15) is 16.7 Å². The third-order valence-corrected chi connectivity index (χ3v) is 3.16. The molecule has 0 fully saturated rings. The van der Waals surface area contributed by atoms with Gasteiger partial charge in [-0.3, -0.25) is 0 Å². The molecule has 0 heterocycles. The van der Waals surface area contributed by atoms with Crippen LogP contribution in [-0.2, 0) is 6.61 Å². The standard InChI is InChI=1S/C15H15BF3O.K/c1-11-3-4-12(2)13(9-11)10-20-15-7-5-14(6-8-15)16(17,18)19;/h3-9H,10H2,1-2H3;/q-1;+1. The van der Waals surface area contributed by atoms with Crippen molar-refractivity contribution in [3.05, 3.63) is 59.2 Å². The Morgan fingerprint density at radius 1 is 0.952 bits per heavy atom. The molecule has 0 saturated carbocycles. The van der Waals surface area contributed by atoms with Crippen molar-refractivity contribution in [3.63, 3.8) is 0 Å². The fraction of sp³-hybridized carbons (Fsp3) is 0.200. The molecule has 2 aromatic carbocycles. The van der Waals surface area contributed by atoms with E-state index in [1.165, 1.54) is 12.1 Å². The Labute approximate surface area is 165 Å². The summed E-state index contributed by atoms with van der Waals surface area (Å²) in [5, 5.41) is 0. The Balaban J connectivity index is 0.00000220. The number of hydrogen-bond donors (Lipinski definition) is 0. The maximum Gasteiger partial charge on any atom is 1.00 e. The molecular weight excluding hydrogens is 303 g/mol. The van der Waals surface area contributed by atoms with Crippen molar-refractivity contribution < 1.29 is 69.1 Å². The molecule has 0 aliphatic rings. The van der Waals surface area contributed by atoms with E-state index in [0.717, 1.165) is 28.8 Å². The molecule has 0 bridgehead atoms. The molecule has 6 heteroatoms. The van der Waals surface area contributed by atoms with E-state index < -0.39 is 12.4 Å². The number of hydrogen-bond acceptors (Lipinski definition) is 1. The van der Waals surface area contributed by atoms with Gasteiger partial charge in [-0.1, -0.05) is 35.9 Å². The van der Waals surface area contributed by atoms with Gasteiger partial charge in [0.05, 0.1) is 0 Å². The second-order valence-electron chi connectivity index (χ2n) is 4.86. The molecule has 0 unspecified atom stereocenters. The second kappa shape index (κ2) is 7.83. The molecule has 0 atom stereocenters. The number of benzene rings is 2. The summed E-state index contributed by atoms with van der Waals surface area (Å²) in [5.74, 6) is 0.440. The fourth-order valence-corrected chi connectivity index (χ4v) is 1.90. The summed E-state index contributed by atoms with van der Waals surface area (Å²) in [5.41, 5.74) is 2.66. The Hall–Kier alpha value is -0.269. The molecule has 106 valence electrons. The van der Waals surface area contributed by atoms with Crippen molar-refractivity contribution in [1.82, 2.24) is 0 Å². The molecule has 0 N–H and O–H groups in total.